The van der Waals surface area contributed by atoms with Gasteiger partial charge in [-0.2, -0.15) is 0 Å². The molecule has 0 heterocycles. The number of hydrazine groups is 1. The zero-order valence-corrected chi connectivity index (χ0v) is 8.51. The first kappa shape index (κ1) is 11.4. The number of hydrogen-bond acceptors (Lipinski definition) is 3. The van der Waals surface area contributed by atoms with E-state index in [0.717, 1.165) is 0 Å². The maximum absolute atomic E-state index is 11.3. The van der Waals surface area contributed by atoms with Crippen molar-refractivity contribution in [1.82, 2.24) is 10.4 Å². The van der Waals surface area contributed by atoms with Crippen molar-refractivity contribution >= 4 is 5.91 Å². The summed E-state index contributed by atoms with van der Waals surface area (Å²) in [7, 11) is 3.51. The van der Waals surface area contributed by atoms with Crippen molar-refractivity contribution in [1.29, 1.82) is 0 Å². The van der Waals surface area contributed by atoms with Crippen LogP contribution in [0, 0.1) is 5.41 Å². The molecule has 4 nitrogen and oxygen atoms in total. The Morgan fingerprint density at radius 2 is 1.83 bits per heavy atom. The second-order valence-electron chi connectivity index (χ2n) is 4.21. The molecule has 0 aliphatic carbocycles. The fourth-order valence-electron chi connectivity index (χ4n) is 0.683. The molecule has 0 fully saturated rings. The van der Waals surface area contributed by atoms with E-state index in [-0.39, 0.29) is 11.3 Å². The SMILES string of the molecule is CN(C)NC(=O)[C@H](N)C(C)(C)C. The average molecular weight is 173 g/mol. The monoisotopic (exact) mass is 173 g/mol. The minimum Gasteiger partial charge on any atom is -0.319 e. The highest BCUT2D eigenvalue weighted by molar-refractivity contribution is 5.81. The molecule has 0 aliphatic heterocycles. The van der Waals surface area contributed by atoms with E-state index in [9.17, 15) is 4.79 Å². The minimum absolute atomic E-state index is 0.146. The van der Waals surface area contributed by atoms with Gasteiger partial charge in [0.25, 0.3) is 5.91 Å². The number of nitrogens with one attached hydrogen (secondary N) is 1. The molecule has 0 unspecified atom stereocenters. The third-order valence-electron chi connectivity index (χ3n) is 1.55. The maximum Gasteiger partial charge on any atom is 0.251 e. The number of nitrogens with zero attached hydrogens (tertiary/aromatic N) is 1. The summed E-state index contributed by atoms with van der Waals surface area (Å²) in [5, 5.41) is 1.59. The smallest absolute Gasteiger partial charge is 0.251 e. The highest BCUT2D eigenvalue weighted by Gasteiger charge is 2.27. The zero-order chi connectivity index (χ0) is 9.94. The van der Waals surface area contributed by atoms with E-state index in [1.54, 1.807) is 19.1 Å². The molecule has 0 radical (unpaired) electrons. The second-order valence-corrected chi connectivity index (χ2v) is 4.21. The van der Waals surface area contributed by atoms with E-state index in [0.29, 0.717) is 0 Å². The Morgan fingerprint density at radius 1 is 1.42 bits per heavy atom. The van der Waals surface area contributed by atoms with Gasteiger partial charge in [0.05, 0.1) is 6.04 Å². The molecule has 0 saturated heterocycles. The van der Waals surface area contributed by atoms with Crippen LogP contribution in [0.25, 0.3) is 0 Å². The maximum atomic E-state index is 11.3. The van der Waals surface area contributed by atoms with Crippen molar-refractivity contribution < 1.29 is 4.79 Å². The van der Waals surface area contributed by atoms with Crippen molar-refractivity contribution in [2.75, 3.05) is 14.1 Å². The van der Waals surface area contributed by atoms with Crippen molar-refractivity contribution in [2.45, 2.75) is 26.8 Å². The van der Waals surface area contributed by atoms with Crippen molar-refractivity contribution in [3.05, 3.63) is 0 Å². The van der Waals surface area contributed by atoms with Gasteiger partial charge in [-0.25, -0.2) is 5.01 Å². The van der Waals surface area contributed by atoms with E-state index in [1.165, 1.54) is 0 Å². The Bertz CT molecular complexity index is 160. The second kappa shape index (κ2) is 3.87. The molecule has 0 aromatic heterocycles. The Hall–Kier alpha value is -0.610. The van der Waals surface area contributed by atoms with Gasteiger partial charge >= 0.3 is 0 Å². The standard InChI is InChI=1S/C8H19N3O/c1-8(2,3)6(9)7(12)10-11(4)5/h6H,9H2,1-5H3,(H,10,12)/t6-/m0/s1. The normalized spacial score (nSPS) is 14.6. The Balaban J connectivity index is 4.12. The summed E-state index contributed by atoms with van der Waals surface area (Å²) < 4.78 is 0. The summed E-state index contributed by atoms with van der Waals surface area (Å²) >= 11 is 0. The lowest BCUT2D eigenvalue weighted by molar-refractivity contribution is -0.128. The number of nitrogens with two attached hydrogens (primary N) is 1. The summed E-state index contributed by atoms with van der Waals surface area (Å²) in [6.45, 7) is 5.81. The number of amides is 1. The van der Waals surface area contributed by atoms with Crippen LogP contribution in [0.1, 0.15) is 20.8 Å². The lowest BCUT2D eigenvalue weighted by Gasteiger charge is -2.27. The molecule has 0 saturated carbocycles. The van der Waals surface area contributed by atoms with Crippen LogP contribution in [-0.4, -0.2) is 31.1 Å². The molecular formula is C8H19N3O. The molecule has 4 heteroatoms. The molecule has 0 spiro atoms. The van der Waals surface area contributed by atoms with Gasteiger partial charge in [-0.1, -0.05) is 20.8 Å². The first-order valence-electron chi connectivity index (χ1n) is 3.98. The molecule has 1 atom stereocenters. The van der Waals surface area contributed by atoms with Crippen LogP contribution < -0.4 is 11.2 Å². The predicted molar refractivity (Wildman–Crippen MR) is 49.3 cm³/mol. The minimum atomic E-state index is -0.472. The predicted octanol–water partition coefficient (Wildman–Crippen LogP) is -0.0474. The van der Waals surface area contributed by atoms with Gasteiger partial charge in [-0.15, -0.1) is 0 Å². The van der Waals surface area contributed by atoms with Crippen LogP contribution >= 0.6 is 0 Å². The van der Waals surface area contributed by atoms with Gasteiger partial charge < -0.3 is 5.73 Å². The van der Waals surface area contributed by atoms with E-state index in [2.05, 4.69) is 5.43 Å². The summed E-state index contributed by atoms with van der Waals surface area (Å²) in [4.78, 5) is 11.3. The molecule has 12 heavy (non-hydrogen) atoms. The van der Waals surface area contributed by atoms with E-state index >= 15 is 0 Å². The molecule has 0 aromatic carbocycles. The molecule has 1 amide bonds. The van der Waals surface area contributed by atoms with Gasteiger partial charge in [0.1, 0.15) is 0 Å². The number of carbonyl (C=O) groups excluding carboxylic acids is 1. The molecular weight excluding hydrogens is 154 g/mol. The molecule has 0 rings (SSSR count). The average Bonchev–Trinajstić information content (AvgIpc) is 1.82. The van der Waals surface area contributed by atoms with Crippen LogP contribution in [0.4, 0.5) is 0 Å². The zero-order valence-electron chi connectivity index (χ0n) is 8.51. The highest BCUT2D eigenvalue weighted by atomic mass is 16.2. The van der Waals surface area contributed by atoms with Crippen LogP contribution in [-0.2, 0) is 4.79 Å². The Kier molecular flexibility index (Phi) is 3.67. The van der Waals surface area contributed by atoms with Crippen molar-refractivity contribution in [3.8, 4) is 0 Å². The summed E-state index contributed by atoms with van der Waals surface area (Å²) in [5.41, 5.74) is 8.13. The first-order valence-corrected chi connectivity index (χ1v) is 3.98. The van der Waals surface area contributed by atoms with Gasteiger partial charge in [-0.3, -0.25) is 10.2 Å². The van der Waals surface area contributed by atoms with Crippen LogP contribution in [0.2, 0.25) is 0 Å². The van der Waals surface area contributed by atoms with Gasteiger partial charge in [0.2, 0.25) is 0 Å². The lowest BCUT2D eigenvalue weighted by Crippen LogP contribution is -2.52. The topological polar surface area (TPSA) is 58.4 Å². The molecule has 0 bridgehead atoms. The number of rotatable bonds is 2. The van der Waals surface area contributed by atoms with Crippen LogP contribution in [0.5, 0.6) is 0 Å². The van der Waals surface area contributed by atoms with E-state index in [1.807, 2.05) is 20.8 Å². The summed E-state index contributed by atoms with van der Waals surface area (Å²) in [6, 6.07) is -0.472. The highest BCUT2D eigenvalue weighted by Crippen LogP contribution is 2.16. The summed E-state index contributed by atoms with van der Waals surface area (Å²) in [5.74, 6) is -0.146. The largest absolute Gasteiger partial charge is 0.319 e. The van der Waals surface area contributed by atoms with Gasteiger partial charge in [0, 0.05) is 14.1 Å². The summed E-state index contributed by atoms with van der Waals surface area (Å²) in [6.07, 6.45) is 0. The molecule has 3 N–H and O–H groups in total. The Labute approximate surface area is 74.1 Å². The van der Waals surface area contributed by atoms with Crippen LogP contribution in [0.3, 0.4) is 0 Å². The molecule has 0 aromatic rings. The third kappa shape index (κ3) is 3.69. The lowest BCUT2D eigenvalue weighted by atomic mass is 9.87. The number of carbonyl (C=O) groups is 1. The third-order valence-corrected chi connectivity index (χ3v) is 1.55. The number of hydrogen-bond donors (Lipinski definition) is 2. The Morgan fingerprint density at radius 3 is 2.08 bits per heavy atom. The van der Waals surface area contributed by atoms with Crippen molar-refractivity contribution in [3.63, 3.8) is 0 Å². The van der Waals surface area contributed by atoms with Crippen molar-refractivity contribution in [2.24, 2.45) is 11.1 Å². The van der Waals surface area contributed by atoms with Crippen LogP contribution in [0.15, 0.2) is 0 Å². The van der Waals surface area contributed by atoms with E-state index in [4.69, 9.17) is 5.73 Å². The van der Waals surface area contributed by atoms with Gasteiger partial charge in [-0.05, 0) is 5.41 Å². The fourth-order valence-corrected chi connectivity index (χ4v) is 0.683. The fraction of sp³-hybridized carbons (Fsp3) is 0.875. The molecule has 0 aliphatic rings. The van der Waals surface area contributed by atoms with E-state index < -0.39 is 6.04 Å². The molecule has 72 valence electrons. The first-order chi connectivity index (χ1) is 5.25. The quantitative estimate of drug-likeness (QED) is 0.576. The van der Waals surface area contributed by atoms with Gasteiger partial charge in [0.15, 0.2) is 0 Å².